The Morgan fingerprint density at radius 2 is 2.10 bits per heavy atom. The van der Waals surface area contributed by atoms with Crippen LogP contribution in [0.4, 0.5) is 5.13 Å². The van der Waals surface area contributed by atoms with Crippen molar-refractivity contribution in [2.75, 3.05) is 25.0 Å². The Kier molecular flexibility index (Phi) is 5.30. The number of amides is 1. The molecular weight excluding hydrogens is 290 g/mol. The van der Waals surface area contributed by atoms with Crippen LogP contribution in [-0.2, 0) is 16.0 Å². The van der Waals surface area contributed by atoms with Crippen molar-refractivity contribution in [3.63, 3.8) is 0 Å². The lowest BCUT2D eigenvalue weighted by Gasteiger charge is -2.29. The van der Waals surface area contributed by atoms with Crippen LogP contribution < -0.4 is 5.32 Å². The number of carbonyl (C=O) groups excluding carboxylic acids is 1. The number of thiazole rings is 1. The van der Waals surface area contributed by atoms with Crippen molar-refractivity contribution in [3.8, 4) is 0 Å². The zero-order valence-electron chi connectivity index (χ0n) is 12.4. The minimum absolute atomic E-state index is 0.0832. The van der Waals surface area contributed by atoms with Crippen molar-refractivity contribution in [1.29, 1.82) is 0 Å². The third kappa shape index (κ3) is 4.25. The molecule has 1 aromatic rings. The molecule has 0 bridgehead atoms. The van der Waals surface area contributed by atoms with E-state index in [0.29, 0.717) is 37.6 Å². The van der Waals surface area contributed by atoms with Crippen molar-refractivity contribution in [2.45, 2.75) is 33.1 Å². The molecule has 0 aliphatic carbocycles. The summed E-state index contributed by atoms with van der Waals surface area (Å²) in [5.74, 6) is -1.08. The van der Waals surface area contributed by atoms with Gasteiger partial charge in [0.05, 0.1) is 18.2 Å². The molecule has 1 aliphatic rings. The molecule has 1 saturated heterocycles. The topological polar surface area (TPSA) is 82.5 Å². The van der Waals surface area contributed by atoms with E-state index in [9.17, 15) is 9.59 Å². The van der Waals surface area contributed by atoms with Gasteiger partial charge in [0, 0.05) is 4.88 Å². The van der Waals surface area contributed by atoms with Gasteiger partial charge in [-0.25, -0.2) is 4.98 Å². The number of aryl methyl sites for hydroxylation is 2. The van der Waals surface area contributed by atoms with E-state index >= 15 is 0 Å². The van der Waals surface area contributed by atoms with Gasteiger partial charge < -0.3 is 10.4 Å². The molecule has 1 aliphatic heterocycles. The molecule has 6 nitrogen and oxygen atoms in total. The molecular formula is C14H21N3O3S. The molecule has 2 rings (SSSR count). The zero-order chi connectivity index (χ0) is 15.4. The Bertz CT molecular complexity index is 522. The van der Waals surface area contributed by atoms with E-state index in [-0.39, 0.29) is 11.8 Å². The molecule has 2 N–H and O–H groups in total. The minimum Gasteiger partial charge on any atom is -0.481 e. The first kappa shape index (κ1) is 15.9. The van der Waals surface area contributed by atoms with Crippen LogP contribution in [0.2, 0.25) is 0 Å². The second-order valence-electron chi connectivity index (χ2n) is 5.31. The van der Waals surface area contributed by atoms with E-state index in [4.69, 9.17) is 5.11 Å². The van der Waals surface area contributed by atoms with Gasteiger partial charge in [-0.1, -0.05) is 6.92 Å². The summed E-state index contributed by atoms with van der Waals surface area (Å²) in [6.07, 6.45) is 2.08. The van der Waals surface area contributed by atoms with Crippen molar-refractivity contribution >= 4 is 28.3 Å². The lowest BCUT2D eigenvalue weighted by atomic mass is 9.97. The van der Waals surface area contributed by atoms with E-state index in [2.05, 4.69) is 10.3 Å². The van der Waals surface area contributed by atoms with E-state index in [1.165, 1.54) is 11.3 Å². The molecule has 1 fully saturated rings. The molecule has 0 spiro atoms. The van der Waals surface area contributed by atoms with Gasteiger partial charge in [-0.2, -0.15) is 0 Å². The molecule has 2 heterocycles. The van der Waals surface area contributed by atoms with Crippen LogP contribution in [0.3, 0.4) is 0 Å². The van der Waals surface area contributed by atoms with Gasteiger partial charge in [0.2, 0.25) is 5.91 Å². The molecule has 7 heteroatoms. The highest BCUT2D eigenvalue weighted by molar-refractivity contribution is 7.15. The maximum absolute atomic E-state index is 12.0. The highest BCUT2D eigenvalue weighted by Crippen LogP contribution is 2.22. The molecule has 0 unspecified atom stereocenters. The van der Waals surface area contributed by atoms with Crippen LogP contribution in [0, 0.1) is 12.8 Å². The lowest BCUT2D eigenvalue weighted by Crippen LogP contribution is -2.40. The summed E-state index contributed by atoms with van der Waals surface area (Å²) in [6.45, 7) is 5.65. The Hall–Kier alpha value is -1.47. The van der Waals surface area contributed by atoms with Crippen LogP contribution in [0.25, 0.3) is 0 Å². The fourth-order valence-electron chi connectivity index (χ4n) is 2.51. The minimum atomic E-state index is -0.732. The van der Waals surface area contributed by atoms with Gasteiger partial charge >= 0.3 is 5.97 Å². The van der Waals surface area contributed by atoms with Crippen LogP contribution >= 0.6 is 11.3 Å². The maximum atomic E-state index is 12.0. The lowest BCUT2D eigenvalue weighted by molar-refractivity contribution is -0.143. The maximum Gasteiger partial charge on any atom is 0.306 e. The quantitative estimate of drug-likeness (QED) is 0.865. The molecule has 1 amide bonds. The fourth-order valence-corrected chi connectivity index (χ4v) is 3.43. The Morgan fingerprint density at radius 1 is 1.43 bits per heavy atom. The molecule has 1 aromatic heterocycles. The number of carbonyl (C=O) groups is 2. The zero-order valence-corrected chi connectivity index (χ0v) is 13.2. The largest absolute Gasteiger partial charge is 0.481 e. The summed E-state index contributed by atoms with van der Waals surface area (Å²) < 4.78 is 0. The first-order chi connectivity index (χ1) is 9.99. The van der Waals surface area contributed by atoms with Gasteiger partial charge in [-0.05, 0) is 39.3 Å². The van der Waals surface area contributed by atoms with Gasteiger partial charge in [0.15, 0.2) is 5.13 Å². The normalized spacial score (nSPS) is 16.9. The van der Waals surface area contributed by atoms with Gasteiger partial charge in [-0.3, -0.25) is 14.5 Å². The summed E-state index contributed by atoms with van der Waals surface area (Å²) in [4.78, 5) is 30.4. The first-order valence-electron chi connectivity index (χ1n) is 7.21. The van der Waals surface area contributed by atoms with E-state index < -0.39 is 5.97 Å². The number of aliphatic carboxylic acids is 1. The number of nitrogens with zero attached hydrogens (tertiary/aromatic N) is 2. The third-order valence-corrected chi connectivity index (χ3v) is 4.71. The summed E-state index contributed by atoms with van der Waals surface area (Å²) >= 11 is 1.49. The SMILES string of the molecule is CCc1nc(NC(=O)CN2CCC(C(=O)O)CC2)sc1C. The number of nitrogens with one attached hydrogen (secondary N) is 1. The first-order valence-corrected chi connectivity index (χ1v) is 8.02. The van der Waals surface area contributed by atoms with Crippen LogP contribution in [0.1, 0.15) is 30.3 Å². The van der Waals surface area contributed by atoms with E-state index in [1.807, 2.05) is 18.7 Å². The highest BCUT2D eigenvalue weighted by Gasteiger charge is 2.25. The number of likely N-dealkylation sites (tertiary alicyclic amines) is 1. The van der Waals surface area contributed by atoms with Crippen molar-refractivity contribution in [1.82, 2.24) is 9.88 Å². The van der Waals surface area contributed by atoms with Gasteiger partial charge in [0.1, 0.15) is 0 Å². The summed E-state index contributed by atoms with van der Waals surface area (Å²) in [5, 5.41) is 12.4. The number of piperidine rings is 1. The summed E-state index contributed by atoms with van der Waals surface area (Å²) in [7, 11) is 0. The van der Waals surface area contributed by atoms with Gasteiger partial charge in [0.25, 0.3) is 0 Å². The summed E-state index contributed by atoms with van der Waals surface area (Å²) in [5.41, 5.74) is 1.03. The predicted octanol–water partition coefficient (Wildman–Crippen LogP) is 1.75. The van der Waals surface area contributed by atoms with Crippen LogP contribution in [0.5, 0.6) is 0 Å². The monoisotopic (exact) mass is 311 g/mol. The second kappa shape index (κ2) is 7.00. The highest BCUT2D eigenvalue weighted by atomic mass is 32.1. The number of anilines is 1. The molecule has 0 radical (unpaired) electrons. The van der Waals surface area contributed by atoms with Crippen molar-refractivity contribution < 1.29 is 14.7 Å². The molecule has 21 heavy (non-hydrogen) atoms. The van der Waals surface area contributed by atoms with E-state index in [1.54, 1.807) is 0 Å². The molecule has 0 saturated carbocycles. The number of aromatic nitrogens is 1. The Labute approximate surface area is 128 Å². The number of carboxylic acid groups (broad SMARTS) is 1. The van der Waals surface area contributed by atoms with Gasteiger partial charge in [-0.15, -0.1) is 11.3 Å². The predicted molar refractivity (Wildman–Crippen MR) is 81.7 cm³/mol. The third-order valence-electron chi connectivity index (χ3n) is 3.78. The number of hydrogen-bond donors (Lipinski definition) is 2. The molecule has 0 aromatic carbocycles. The average Bonchev–Trinajstić information content (AvgIpc) is 2.79. The Balaban J connectivity index is 1.81. The standard InChI is InChI=1S/C14H21N3O3S/c1-3-11-9(2)21-14(15-11)16-12(18)8-17-6-4-10(5-7-17)13(19)20/h10H,3-8H2,1-2H3,(H,19,20)(H,15,16,18). The number of hydrogen-bond acceptors (Lipinski definition) is 5. The Morgan fingerprint density at radius 3 is 2.62 bits per heavy atom. The smallest absolute Gasteiger partial charge is 0.306 e. The van der Waals surface area contributed by atoms with Crippen LogP contribution in [0.15, 0.2) is 0 Å². The number of carboxylic acids is 1. The van der Waals surface area contributed by atoms with Crippen molar-refractivity contribution in [2.24, 2.45) is 5.92 Å². The molecule has 116 valence electrons. The number of rotatable bonds is 5. The molecule has 0 atom stereocenters. The average molecular weight is 311 g/mol. The van der Waals surface area contributed by atoms with Crippen molar-refractivity contribution in [3.05, 3.63) is 10.6 Å². The second-order valence-corrected chi connectivity index (χ2v) is 6.52. The van der Waals surface area contributed by atoms with E-state index in [0.717, 1.165) is 17.0 Å². The fraction of sp³-hybridized carbons (Fsp3) is 0.643. The summed E-state index contributed by atoms with van der Waals surface area (Å²) in [6, 6.07) is 0. The van der Waals surface area contributed by atoms with Crippen LogP contribution in [-0.4, -0.2) is 46.5 Å².